The third-order valence-corrected chi connectivity index (χ3v) is 6.17. The van der Waals surface area contributed by atoms with E-state index in [1.807, 2.05) is 48.5 Å². The van der Waals surface area contributed by atoms with Crippen molar-refractivity contribution < 1.29 is 13.9 Å². The van der Waals surface area contributed by atoms with Gasteiger partial charge in [0.25, 0.3) is 5.56 Å². The second-order valence-corrected chi connectivity index (χ2v) is 8.49. The Bertz CT molecular complexity index is 1910. The number of benzene rings is 3. The quantitative estimate of drug-likeness (QED) is 0.351. The van der Waals surface area contributed by atoms with E-state index in [4.69, 9.17) is 19.9 Å². The molecule has 0 aliphatic heterocycles. The molecule has 0 unspecified atom stereocenters. The summed E-state index contributed by atoms with van der Waals surface area (Å²) < 4.78 is 14.5. The van der Waals surface area contributed by atoms with Gasteiger partial charge in [-0.25, -0.2) is 4.98 Å². The number of nitrogens with two attached hydrogens (primary N) is 1. The van der Waals surface area contributed by atoms with Gasteiger partial charge in [-0.3, -0.25) is 9.59 Å². The molecule has 0 atom stereocenters. The number of hydrogen-bond donors (Lipinski definition) is 1. The lowest BCUT2D eigenvalue weighted by atomic mass is 10.2. The number of fused-ring (bicyclic) bond motifs is 3. The van der Waals surface area contributed by atoms with E-state index >= 15 is 0 Å². The molecule has 0 aliphatic carbocycles. The number of rotatable bonds is 6. The van der Waals surface area contributed by atoms with Crippen molar-refractivity contribution >= 4 is 44.9 Å². The van der Waals surface area contributed by atoms with E-state index in [0.29, 0.717) is 33.6 Å². The van der Waals surface area contributed by atoms with Gasteiger partial charge in [-0.05, 0) is 36.4 Å². The van der Waals surface area contributed by atoms with Gasteiger partial charge in [0, 0.05) is 22.7 Å². The first-order valence-electron chi connectivity index (χ1n) is 11.5. The molecule has 37 heavy (non-hydrogen) atoms. The molecule has 3 heterocycles. The summed E-state index contributed by atoms with van der Waals surface area (Å²) in [4.78, 5) is 29.9. The average molecular weight is 492 g/mol. The van der Waals surface area contributed by atoms with Crippen LogP contribution in [0.5, 0.6) is 5.75 Å². The fraction of sp³-hybridized carbons (Fsp3) is 0.0714. The number of aromatic nitrogens is 3. The van der Waals surface area contributed by atoms with Crippen molar-refractivity contribution in [2.45, 2.75) is 6.54 Å². The molecule has 2 N–H and O–H groups in total. The molecule has 1 amide bonds. The Morgan fingerprint density at radius 3 is 2.65 bits per heavy atom. The number of furan rings is 1. The Hall–Kier alpha value is -5.18. The lowest BCUT2D eigenvalue weighted by molar-refractivity contribution is -0.118. The molecule has 0 saturated carbocycles. The van der Waals surface area contributed by atoms with Crippen LogP contribution in [0, 0.1) is 0 Å². The van der Waals surface area contributed by atoms with Crippen LogP contribution in [-0.4, -0.2) is 33.5 Å². The van der Waals surface area contributed by atoms with Gasteiger partial charge >= 0.3 is 0 Å². The van der Waals surface area contributed by atoms with Crippen molar-refractivity contribution in [3.63, 3.8) is 0 Å². The van der Waals surface area contributed by atoms with Crippen LogP contribution >= 0.6 is 0 Å². The second kappa shape index (κ2) is 8.80. The largest absolute Gasteiger partial charge is 0.496 e. The highest BCUT2D eigenvalue weighted by molar-refractivity contribution is 6.00. The summed E-state index contributed by atoms with van der Waals surface area (Å²) in [5.74, 6) is 0.810. The number of methoxy groups -OCH3 is 1. The Labute approximate surface area is 210 Å². The van der Waals surface area contributed by atoms with Crippen LogP contribution in [0.4, 0.5) is 0 Å². The summed E-state index contributed by atoms with van der Waals surface area (Å²) in [5.41, 5.74) is 7.76. The van der Waals surface area contributed by atoms with Gasteiger partial charge in [-0.2, -0.15) is 9.78 Å². The predicted octanol–water partition coefficient (Wildman–Crippen LogP) is 4.14. The summed E-state index contributed by atoms with van der Waals surface area (Å²) in [6.45, 7) is 0.0257. The van der Waals surface area contributed by atoms with Gasteiger partial charge in [0.1, 0.15) is 17.9 Å². The van der Waals surface area contributed by atoms with Crippen LogP contribution in [0.2, 0.25) is 0 Å². The minimum Gasteiger partial charge on any atom is -0.496 e. The van der Waals surface area contributed by atoms with Crippen LogP contribution in [0.25, 0.3) is 44.4 Å². The molecule has 182 valence electrons. The first-order chi connectivity index (χ1) is 18.0. The van der Waals surface area contributed by atoms with Crippen molar-refractivity contribution in [1.29, 1.82) is 0 Å². The SMILES string of the molecule is COc1cccc2oc(-c3nc4ccccc4c(=O)n3N=Cc3cn(CC(N)=O)c4ccccc34)cc12. The van der Waals surface area contributed by atoms with E-state index in [9.17, 15) is 9.59 Å². The van der Waals surface area contributed by atoms with Gasteiger partial charge in [0.05, 0.1) is 29.6 Å². The molecule has 0 spiro atoms. The van der Waals surface area contributed by atoms with Crippen LogP contribution in [0.15, 0.2) is 93.3 Å². The molecule has 9 heteroatoms. The topological polar surface area (TPSA) is 118 Å². The van der Waals surface area contributed by atoms with Gasteiger partial charge in [-0.15, -0.1) is 0 Å². The molecule has 0 radical (unpaired) electrons. The van der Waals surface area contributed by atoms with Gasteiger partial charge < -0.3 is 19.5 Å². The van der Waals surface area contributed by atoms with Gasteiger partial charge in [-0.1, -0.05) is 36.4 Å². The number of para-hydroxylation sites is 2. The van der Waals surface area contributed by atoms with Gasteiger partial charge in [0.2, 0.25) is 11.7 Å². The molecule has 6 rings (SSSR count). The molecule has 0 fully saturated rings. The van der Waals surface area contributed by atoms with E-state index in [1.54, 1.807) is 48.4 Å². The number of amides is 1. The first-order valence-corrected chi connectivity index (χ1v) is 11.5. The number of hydrogen-bond acceptors (Lipinski definition) is 6. The Balaban J connectivity index is 1.56. The zero-order valence-electron chi connectivity index (χ0n) is 19.8. The second-order valence-electron chi connectivity index (χ2n) is 8.49. The minimum atomic E-state index is -0.457. The van der Waals surface area contributed by atoms with Crippen LogP contribution in [0.1, 0.15) is 5.56 Å². The maximum absolute atomic E-state index is 13.6. The number of carbonyl (C=O) groups excluding carboxylic acids is 1. The Kier molecular flexibility index (Phi) is 5.30. The molecule has 0 saturated heterocycles. The molecular formula is C28H21N5O4. The fourth-order valence-electron chi connectivity index (χ4n) is 4.51. The molecule has 9 nitrogen and oxygen atoms in total. The van der Waals surface area contributed by atoms with E-state index < -0.39 is 5.91 Å². The number of nitrogens with zero attached hydrogens (tertiary/aromatic N) is 4. The molecule has 3 aromatic heterocycles. The fourth-order valence-corrected chi connectivity index (χ4v) is 4.51. The maximum Gasteiger partial charge on any atom is 0.282 e. The van der Waals surface area contributed by atoms with Crippen LogP contribution < -0.4 is 16.0 Å². The number of carbonyl (C=O) groups is 1. The van der Waals surface area contributed by atoms with E-state index in [-0.39, 0.29) is 17.9 Å². The lowest BCUT2D eigenvalue weighted by Crippen LogP contribution is -2.20. The third-order valence-electron chi connectivity index (χ3n) is 6.17. The highest BCUT2D eigenvalue weighted by Gasteiger charge is 2.18. The molecule has 3 aromatic carbocycles. The van der Waals surface area contributed by atoms with E-state index in [1.165, 1.54) is 4.68 Å². The van der Waals surface area contributed by atoms with Crippen molar-refractivity contribution in [2.24, 2.45) is 10.8 Å². The Morgan fingerprint density at radius 2 is 1.84 bits per heavy atom. The standard InChI is InChI=1S/C28H21N5O4/c1-36-23-11-6-12-24-20(23)13-25(37-24)27-31-21-9-4-2-8-19(21)28(35)33(27)30-14-17-15-32(16-26(29)34)22-10-5-3-7-18(17)22/h2-15H,16H2,1H3,(H2,29,34). The number of ether oxygens (including phenoxy) is 1. The van der Waals surface area contributed by atoms with Crippen LogP contribution in [0.3, 0.4) is 0 Å². The first kappa shape index (κ1) is 22.3. The lowest BCUT2D eigenvalue weighted by Gasteiger charge is -2.07. The molecule has 0 bridgehead atoms. The van der Waals surface area contributed by atoms with Crippen molar-refractivity contribution in [3.05, 3.63) is 94.9 Å². The highest BCUT2D eigenvalue weighted by Crippen LogP contribution is 2.33. The zero-order valence-corrected chi connectivity index (χ0v) is 19.8. The molecule has 0 aliphatic rings. The summed E-state index contributed by atoms with van der Waals surface area (Å²) in [5, 5.41) is 6.60. The average Bonchev–Trinajstić information content (AvgIpc) is 3.49. The highest BCUT2D eigenvalue weighted by atomic mass is 16.5. The summed E-state index contributed by atoms with van der Waals surface area (Å²) >= 11 is 0. The summed E-state index contributed by atoms with van der Waals surface area (Å²) in [6, 6.07) is 21.9. The molecule has 6 aromatic rings. The smallest absolute Gasteiger partial charge is 0.282 e. The van der Waals surface area contributed by atoms with Crippen molar-refractivity contribution in [1.82, 2.24) is 14.2 Å². The van der Waals surface area contributed by atoms with Crippen molar-refractivity contribution in [3.8, 4) is 17.3 Å². The normalized spacial score (nSPS) is 11.7. The van der Waals surface area contributed by atoms with E-state index in [2.05, 4.69) is 5.10 Å². The number of primary amides is 1. The summed E-state index contributed by atoms with van der Waals surface area (Å²) in [7, 11) is 1.59. The van der Waals surface area contributed by atoms with E-state index in [0.717, 1.165) is 16.3 Å². The van der Waals surface area contributed by atoms with Crippen LogP contribution in [-0.2, 0) is 11.3 Å². The Morgan fingerprint density at radius 1 is 1.05 bits per heavy atom. The summed E-state index contributed by atoms with van der Waals surface area (Å²) in [6.07, 6.45) is 3.36. The zero-order chi connectivity index (χ0) is 25.5. The van der Waals surface area contributed by atoms with Crippen molar-refractivity contribution in [2.75, 3.05) is 7.11 Å². The minimum absolute atomic E-state index is 0.0257. The van der Waals surface area contributed by atoms with Gasteiger partial charge in [0.15, 0.2) is 5.76 Å². The maximum atomic E-state index is 13.6. The monoisotopic (exact) mass is 491 g/mol. The molecular weight excluding hydrogens is 470 g/mol. The predicted molar refractivity (Wildman–Crippen MR) is 142 cm³/mol. The third kappa shape index (κ3) is 3.82.